The van der Waals surface area contributed by atoms with E-state index < -0.39 is 44.7 Å². The van der Waals surface area contributed by atoms with E-state index in [-0.39, 0.29) is 11.3 Å². The average Bonchev–Trinajstić information content (AvgIpc) is 2.64. The summed E-state index contributed by atoms with van der Waals surface area (Å²) in [6.07, 6.45) is 0. The number of esters is 1. The first-order valence-corrected chi connectivity index (χ1v) is 8.96. The van der Waals surface area contributed by atoms with Gasteiger partial charge in [0.2, 0.25) is 15.8 Å². The lowest BCUT2D eigenvalue weighted by atomic mass is 10.1. The second-order valence-electron chi connectivity index (χ2n) is 5.25. The zero-order valence-electron chi connectivity index (χ0n) is 14.4. The summed E-state index contributed by atoms with van der Waals surface area (Å²) in [5, 5.41) is 4.95. The van der Waals surface area contributed by atoms with Crippen LogP contribution in [0.3, 0.4) is 0 Å². The number of hydrogen-bond acceptors (Lipinski definition) is 7. The molecule has 0 aliphatic rings. The standard InChI is InChI=1S/C17H16FNO7S/c1-24-10-3-6-16(25-2)13(7-10)15(20)9-26-17(21)12-8-11(27(19,22)23)4-5-14(12)18/h3-8H,9H2,1-2H3,(H2,19,22,23). The van der Waals surface area contributed by atoms with Gasteiger partial charge in [0.25, 0.3) is 0 Å². The van der Waals surface area contributed by atoms with Gasteiger partial charge in [0.1, 0.15) is 17.3 Å². The van der Waals surface area contributed by atoms with Gasteiger partial charge in [-0.25, -0.2) is 22.7 Å². The molecule has 2 N–H and O–H groups in total. The van der Waals surface area contributed by atoms with Gasteiger partial charge in [0.15, 0.2) is 6.61 Å². The maximum atomic E-state index is 13.8. The lowest BCUT2D eigenvalue weighted by molar-refractivity contribution is 0.0469. The molecule has 0 saturated carbocycles. The number of halogens is 1. The Hall–Kier alpha value is -2.98. The average molecular weight is 397 g/mol. The SMILES string of the molecule is COc1ccc(OC)c(C(=O)COC(=O)c2cc(S(N)(=O)=O)ccc2F)c1. The molecule has 0 spiro atoms. The molecule has 0 aliphatic carbocycles. The zero-order chi connectivity index (χ0) is 20.2. The van der Waals surface area contributed by atoms with E-state index >= 15 is 0 Å². The van der Waals surface area contributed by atoms with Crippen molar-refractivity contribution in [2.24, 2.45) is 5.14 Å². The zero-order valence-corrected chi connectivity index (χ0v) is 15.2. The number of primary sulfonamides is 1. The number of ether oxygens (including phenoxy) is 3. The van der Waals surface area contributed by atoms with Crippen LogP contribution in [-0.4, -0.2) is 41.0 Å². The van der Waals surface area contributed by atoms with Crippen molar-refractivity contribution in [3.05, 3.63) is 53.3 Å². The number of hydrogen-bond donors (Lipinski definition) is 1. The summed E-state index contributed by atoms with van der Waals surface area (Å²) in [5.41, 5.74) is -0.560. The molecule has 0 saturated heterocycles. The van der Waals surface area contributed by atoms with Crippen LogP contribution in [-0.2, 0) is 14.8 Å². The highest BCUT2D eigenvalue weighted by Gasteiger charge is 2.20. The first-order chi connectivity index (χ1) is 12.7. The van der Waals surface area contributed by atoms with E-state index in [2.05, 4.69) is 0 Å². The van der Waals surface area contributed by atoms with E-state index in [1.165, 1.54) is 26.4 Å². The third kappa shape index (κ3) is 4.80. The van der Waals surface area contributed by atoms with E-state index in [0.717, 1.165) is 18.2 Å². The number of sulfonamides is 1. The Bertz CT molecular complexity index is 989. The third-order valence-electron chi connectivity index (χ3n) is 3.53. The molecule has 2 rings (SSSR count). The van der Waals surface area contributed by atoms with Crippen LogP contribution in [0.2, 0.25) is 0 Å². The third-order valence-corrected chi connectivity index (χ3v) is 4.44. The Kier molecular flexibility index (Phi) is 6.13. The van der Waals surface area contributed by atoms with Crippen molar-refractivity contribution in [1.29, 1.82) is 0 Å². The molecule has 27 heavy (non-hydrogen) atoms. The van der Waals surface area contributed by atoms with Crippen molar-refractivity contribution in [3.8, 4) is 11.5 Å². The highest BCUT2D eigenvalue weighted by molar-refractivity contribution is 7.89. The van der Waals surface area contributed by atoms with E-state index in [4.69, 9.17) is 19.3 Å². The van der Waals surface area contributed by atoms with Crippen LogP contribution in [0.5, 0.6) is 11.5 Å². The van der Waals surface area contributed by atoms with Gasteiger partial charge in [-0.15, -0.1) is 0 Å². The van der Waals surface area contributed by atoms with Crippen LogP contribution in [0, 0.1) is 5.82 Å². The molecule has 0 unspecified atom stereocenters. The molecule has 0 amide bonds. The number of Topliss-reactive ketones (excluding diaryl/α,β-unsaturated/α-hetero) is 1. The number of nitrogens with two attached hydrogens (primary N) is 1. The fraction of sp³-hybridized carbons (Fsp3) is 0.176. The van der Waals surface area contributed by atoms with Crippen molar-refractivity contribution in [1.82, 2.24) is 0 Å². The van der Waals surface area contributed by atoms with Crippen molar-refractivity contribution in [3.63, 3.8) is 0 Å². The molecule has 0 aromatic heterocycles. The number of carbonyl (C=O) groups excluding carboxylic acids is 2. The van der Waals surface area contributed by atoms with Crippen molar-refractivity contribution in [2.75, 3.05) is 20.8 Å². The minimum Gasteiger partial charge on any atom is -0.497 e. The Morgan fingerprint density at radius 1 is 1.04 bits per heavy atom. The fourth-order valence-electron chi connectivity index (χ4n) is 2.16. The molecule has 10 heteroatoms. The molecule has 8 nitrogen and oxygen atoms in total. The monoisotopic (exact) mass is 397 g/mol. The van der Waals surface area contributed by atoms with Gasteiger partial charge in [-0.2, -0.15) is 0 Å². The lowest BCUT2D eigenvalue weighted by Gasteiger charge is -2.10. The Morgan fingerprint density at radius 3 is 2.33 bits per heavy atom. The largest absolute Gasteiger partial charge is 0.497 e. The summed E-state index contributed by atoms with van der Waals surface area (Å²) < 4.78 is 51.4. The van der Waals surface area contributed by atoms with Crippen LogP contribution in [0.4, 0.5) is 4.39 Å². The highest BCUT2D eigenvalue weighted by atomic mass is 32.2. The van der Waals surface area contributed by atoms with E-state index in [1.54, 1.807) is 6.07 Å². The van der Waals surface area contributed by atoms with Gasteiger partial charge in [-0.1, -0.05) is 0 Å². The normalized spacial score (nSPS) is 11.0. The van der Waals surface area contributed by atoms with Gasteiger partial charge >= 0.3 is 5.97 Å². The fourth-order valence-corrected chi connectivity index (χ4v) is 2.70. The summed E-state index contributed by atoms with van der Waals surface area (Å²) in [6, 6.07) is 6.90. The molecular formula is C17H16FNO7S. The molecule has 2 aromatic carbocycles. The van der Waals surface area contributed by atoms with Crippen LogP contribution < -0.4 is 14.6 Å². The molecule has 2 aromatic rings. The predicted octanol–water partition coefficient (Wildman–Crippen LogP) is 1.53. The minimum atomic E-state index is -4.14. The van der Waals surface area contributed by atoms with Crippen LogP contribution in [0.15, 0.2) is 41.3 Å². The molecule has 0 radical (unpaired) electrons. The van der Waals surface area contributed by atoms with Gasteiger partial charge < -0.3 is 14.2 Å². The van der Waals surface area contributed by atoms with Gasteiger partial charge in [-0.05, 0) is 36.4 Å². The second kappa shape index (κ2) is 8.14. The number of methoxy groups -OCH3 is 2. The molecule has 0 fully saturated rings. The number of ketones is 1. The van der Waals surface area contributed by atoms with Gasteiger partial charge in [0.05, 0.1) is 30.2 Å². The first kappa shape index (κ1) is 20.3. The Labute approximate surface area is 154 Å². The quantitative estimate of drug-likeness (QED) is 0.555. The molecule has 144 valence electrons. The van der Waals surface area contributed by atoms with Crippen LogP contribution in [0.25, 0.3) is 0 Å². The van der Waals surface area contributed by atoms with Gasteiger partial charge in [0, 0.05) is 0 Å². The maximum Gasteiger partial charge on any atom is 0.341 e. The maximum absolute atomic E-state index is 13.8. The lowest BCUT2D eigenvalue weighted by Crippen LogP contribution is -2.18. The number of carbonyl (C=O) groups is 2. The molecule has 0 bridgehead atoms. The van der Waals surface area contributed by atoms with Crippen molar-refractivity contribution in [2.45, 2.75) is 4.90 Å². The highest BCUT2D eigenvalue weighted by Crippen LogP contribution is 2.24. The second-order valence-corrected chi connectivity index (χ2v) is 6.81. The number of benzene rings is 2. The van der Waals surface area contributed by atoms with Crippen LogP contribution in [0.1, 0.15) is 20.7 Å². The minimum absolute atomic E-state index is 0.100. The summed E-state index contributed by atoms with van der Waals surface area (Å²) in [7, 11) is -1.36. The summed E-state index contributed by atoms with van der Waals surface area (Å²) in [6.45, 7) is -0.721. The Balaban J connectivity index is 2.20. The van der Waals surface area contributed by atoms with Crippen molar-refractivity contribution >= 4 is 21.8 Å². The molecule has 0 heterocycles. The van der Waals surface area contributed by atoms with E-state index in [0.29, 0.717) is 5.75 Å². The van der Waals surface area contributed by atoms with Crippen LogP contribution >= 0.6 is 0 Å². The predicted molar refractivity (Wildman–Crippen MR) is 91.9 cm³/mol. The van der Waals surface area contributed by atoms with E-state index in [1.807, 2.05) is 0 Å². The summed E-state index contributed by atoms with van der Waals surface area (Å²) in [4.78, 5) is 23.9. The van der Waals surface area contributed by atoms with Crippen molar-refractivity contribution < 1.29 is 36.6 Å². The van der Waals surface area contributed by atoms with Gasteiger partial charge in [-0.3, -0.25) is 4.79 Å². The first-order valence-electron chi connectivity index (χ1n) is 7.42. The summed E-state index contributed by atoms with van der Waals surface area (Å²) >= 11 is 0. The molecule has 0 atom stereocenters. The molecule has 0 aliphatic heterocycles. The van der Waals surface area contributed by atoms with E-state index in [9.17, 15) is 22.4 Å². The number of rotatable bonds is 7. The topological polar surface area (TPSA) is 122 Å². The smallest absolute Gasteiger partial charge is 0.341 e. The summed E-state index contributed by atoms with van der Waals surface area (Å²) in [5.74, 6) is -2.23. The molecular weight excluding hydrogens is 381 g/mol. The Morgan fingerprint density at radius 2 is 1.74 bits per heavy atom.